The van der Waals surface area contributed by atoms with Crippen LogP contribution in [-0.4, -0.2) is 31.2 Å². The number of aromatic nitrogens is 4. The normalized spacial score (nSPS) is 11.7. The second-order valence-electron chi connectivity index (χ2n) is 5.30. The number of halogens is 3. The highest BCUT2D eigenvalue weighted by Crippen LogP contribution is 2.34. The summed E-state index contributed by atoms with van der Waals surface area (Å²) in [6.45, 7) is 1.68. The number of alkyl halides is 3. The molecule has 3 aromatic rings. The maximum Gasteiger partial charge on any atom is 0.418 e. The van der Waals surface area contributed by atoms with Crippen LogP contribution in [0.1, 0.15) is 11.3 Å². The van der Waals surface area contributed by atoms with E-state index < -0.39 is 17.6 Å². The molecule has 136 valence electrons. The van der Waals surface area contributed by atoms with E-state index in [-0.39, 0.29) is 22.8 Å². The van der Waals surface area contributed by atoms with E-state index in [0.29, 0.717) is 10.9 Å². The van der Waals surface area contributed by atoms with Crippen LogP contribution in [0.3, 0.4) is 0 Å². The smallest absolute Gasteiger partial charge is 0.325 e. The Morgan fingerprint density at radius 3 is 2.77 bits per heavy atom. The Morgan fingerprint density at radius 2 is 2.04 bits per heavy atom. The van der Waals surface area contributed by atoms with Crippen LogP contribution in [0, 0.1) is 6.92 Å². The first-order valence-corrected chi connectivity index (χ1v) is 8.28. The fourth-order valence-corrected chi connectivity index (χ4v) is 3.11. The number of aryl methyl sites for hydroxylation is 1. The van der Waals surface area contributed by atoms with Gasteiger partial charge < -0.3 is 5.32 Å². The number of nitrogens with one attached hydrogen (secondary N) is 2. The number of thioether (sulfide) groups is 1. The van der Waals surface area contributed by atoms with Crippen molar-refractivity contribution in [3.8, 4) is 0 Å². The van der Waals surface area contributed by atoms with Crippen LogP contribution in [0.4, 0.5) is 18.9 Å². The average Bonchev–Trinajstić information content (AvgIpc) is 2.95. The molecule has 0 bridgehead atoms. The fraction of sp³-hybridized carbons (Fsp3) is 0.200. The lowest BCUT2D eigenvalue weighted by molar-refractivity contribution is -0.137. The van der Waals surface area contributed by atoms with Crippen LogP contribution < -0.4 is 10.9 Å². The first-order chi connectivity index (χ1) is 12.3. The van der Waals surface area contributed by atoms with E-state index in [1.807, 2.05) is 0 Å². The van der Waals surface area contributed by atoms with Crippen molar-refractivity contribution in [2.75, 3.05) is 11.1 Å². The molecule has 7 nitrogen and oxygen atoms in total. The molecule has 2 heterocycles. The molecular formula is C15H12F3N5O2S. The molecule has 0 unspecified atom stereocenters. The number of H-pyrrole nitrogens is 1. The van der Waals surface area contributed by atoms with Gasteiger partial charge in [0, 0.05) is 11.8 Å². The summed E-state index contributed by atoms with van der Waals surface area (Å²) in [5.41, 5.74) is -0.989. The standard InChI is InChI=1S/C15H12F3N5O2S/c1-8-6-11(24)20-13-21-22-14(23(8)13)26-7-12(25)19-10-5-3-2-4-9(10)15(16,17)18/h2-6H,7H2,1H3,(H,19,25)(H,20,21,24). The molecule has 0 aliphatic heterocycles. The minimum atomic E-state index is -4.57. The number of fused-ring (bicyclic) bond motifs is 1. The van der Waals surface area contributed by atoms with Crippen molar-refractivity contribution in [1.82, 2.24) is 19.6 Å². The summed E-state index contributed by atoms with van der Waals surface area (Å²) in [7, 11) is 0. The number of benzene rings is 1. The molecule has 0 aliphatic rings. The molecule has 1 aromatic carbocycles. The summed E-state index contributed by atoms with van der Waals surface area (Å²) < 4.78 is 40.4. The molecule has 0 spiro atoms. The summed E-state index contributed by atoms with van der Waals surface area (Å²) in [4.78, 5) is 25.9. The lowest BCUT2D eigenvalue weighted by Crippen LogP contribution is -2.18. The minimum Gasteiger partial charge on any atom is -0.325 e. The van der Waals surface area contributed by atoms with Crippen LogP contribution in [0.25, 0.3) is 5.78 Å². The van der Waals surface area contributed by atoms with Gasteiger partial charge in [0.15, 0.2) is 5.16 Å². The molecule has 0 saturated heterocycles. The third-order valence-electron chi connectivity index (χ3n) is 3.40. The molecule has 26 heavy (non-hydrogen) atoms. The van der Waals surface area contributed by atoms with Crippen molar-refractivity contribution in [3.63, 3.8) is 0 Å². The van der Waals surface area contributed by atoms with Gasteiger partial charge in [0.25, 0.3) is 5.56 Å². The first-order valence-electron chi connectivity index (χ1n) is 7.29. The summed E-state index contributed by atoms with van der Waals surface area (Å²) in [5, 5.41) is 10.3. The number of hydrogen-bond acceptors (Lipinski definition) is 5. The molecule has 2 N–H and O–H groups in total. The van der Waals surface area contributed by atoms with Crippen molar-refractivity contribution in [2.24, 2.45) is 0 Å². The molecule has 0 atom stereocenters. The molecule has 1 amide bonds. The number of amides is 1. The molecule has 11 heteroatoms. The predicted molar refractivity (Wildman–Crippen MR) is 89.1 cm³/mol. The third kappa shape index (κ3) is 3.72. The quantitative estimate of drug-likeness (QED) is 0.676. The van der Waals surface area contributed by atoms with Crippen molar-refractivity contribution in [1.29, 1.82) is 0 Å². The summed E-state index contributed by atoms with van der Waals surface area (Å²) >= 11 is 0.991. The van der Waals surface area contributed by atoms with E-state index in [0.717, 1.165) is 17.8 Å². The number of nitrogens with zero attached hydrogens (tertiary/aromatic N) is 3. The topological polar surface area (TPSA) is 92.2 Å². The van der Waals surface area contributed by atoms with E-state index in [2.05, 4.69) is 20.5 Å². The Kier molecular flexibility index (Phi) is 4.72. The number of carbonyl (C=O) groups is 1. The lowest BCUT2D eigenvalue weighted by Gasteiger charge is -2.13. The Hall–Kier alpha value is -2.82. The summed E-state index contributed by atoms with van der Waals surface area (Å²) in [6.07, 6.45) is -4.57. The zero-order chi connectivity index (χ0) is 18.9. The Balaban J connectivity index is 1.74. The van der Waals surface area contributed by atoms with Gasteiger partial charge in [0.05, 0.1) is 17.0 Å². The van der Waals surface area contributed by atoms with Gasteiger partial charge in [-0.05, 0) is 19.1 Å². The van der Waals surface area contributed by atoms with E-state index in [9.17, 15) is 22.8 Å². The number of rotatable bonds is 4. The first kappa shape index (κ1) is 18.0. The zero-order valence-electron chi connectivity index (χ0n) is 13.3. The van der Waals surface area contributed by atoms with Crippen molar-refractivity contribution in [2.45, 2.75) is 18.3 Å². The fourth-order valence-electron chi connectivity index (χ4n) is 2.32. The molecule has 0 radical (unpaired) electrons. The second-order valence-corrected chi connectivity index (χ2v) is 6.24. The largest absolute Gasteiger partial charge is 0.418 e. The van der Waals surface area contributed by atoms with Gasteiger partial charge in [0.1, 0.15) is 0 Å². The highest BCUT2D eigenvalue weighted by molar-refractivity contribution is 7.99. The summed E-state index contributed by atoms with van der Waals surface area (Å²) in [6, 6.07) is 6.09. The van der Waals surface area contributed by atoms with Gasteiger partial charge in [-0.2, -0.15) is 13.2 Å². The highest BCUT2D eigenvalue weighted by atomic mass is 32.2. The molecule has 0 saturated carbocycles. The van der Waals surface area contributed by atoms with E-state index in [1.165, 1.54) is 24.3 Å². The summed E-state index contributed by atoms with van der Waals surface area (Å²) in [5.74, 6) is -0.572. The predicted octanol–water partition coefficient (Wildman–Crippen LogP) is 2.48. The lowest BCUT2D eigenvalue weighted by atomic mass is 10.1. The van der Waals surface area contributed by atoms with Gasteiger partial charge in [-0.15, -0.1) is 10.2 Å². The molecular weight excluding hydrogens is 371 g/mol. The zero-order valence-corrected chi connectivity index (χ0v) is 14.1. The molecule has 2 aromatic heterocycles. The Morgan fingerprint density at radius 1 is 1.31 bits per heavy atom. The van der Waals surface area contributed by atoms with Gasteiger partial charge in [-0.25, -0.2) is 0 Å². The van der Waals surface area contributed by atoms with E-state index in [4.69, 9.17) is 0 Å². The van der Waals surface area contributed by atoms with Gasteiger partial charge in [-0.3, -0.25) is 19.0 Å². The van der Waals surface area contributed by atoms with Crippen LogP contribution in [-0.2, 0) is 11.0 Å². The molecule has 3 rings (SSSR count). The van der Waals surface area contributed by atoms with Crippen molar-refractivity contribution in [3.05, 3.63) is 51.9 Å². The van der Waals surface area contributed by atoms with Crippen LogP contribution >= 0.6 is 11.8 Å². The molecule has 0 fully saturated rings. The van der Waals surface area contributed by atoms with Crippen molar-refractivity contribution >= 4 is 29.1 Å². The van der Waals surface area contributed by atoms with Gasteiger partial charge in [-0.1, -0.05) is 23.9 Å². The Labute approximate surface area is 148 Å². The minimum absolute atomic E-state index is 0.175. The van der Waals surface area contributed by atoms with Crippen molar-refractivity contribution < 1.29 is 18.0 Å². The third-order valence-corrected chi connectivity index (χ3v) is 4.33. The maximum atomic E-state index is 13.0. The maximum absolute atomic E-state index is 13.0. The average molecular weight is 383 g/mol. The van der Waals surface area contributed by atoms with Gasteiger partial charge in [0.2, 0.25) is 11.7 Å². The Bertz CT molecular complexity index is 1030. The highest BCUT2D eigenvalue weighted by Gasteiger charge is 2.33. The number of para-hydroxylation sites is 1. The monoisotopic (exact) mass is 383 g/mol. The van der Waals surface area contributed by atoms with Crippen LogP contribution in [0.2, 0.25) is 0 Å². The van der Waals surface area contributed by atoms with Crippen LogP contribution in [0.5, 0.6) is 0 Å². The number of aromatic amines is 1. The second kappa shape index (κ2) is 6.83. The number of anilines is 1. The number of hydrogen-bond donors (Lipinski definition) is 2. The van der Waals surface area contributed by atoms with Gasteiger partial charge >= 0.3 is 6.18 Å². The number of carbonyl (C=O) groups excluding carboxylic acids is 1. The van der Waals surface area contributed by atoms with Crippen LogP contribution in [0.15, 0.2) is 40.3 Å². The van der Waals surface area contributed by atoms with E-state index in [1.54, 1.807) is 11.3 Å². The SMILES string of the molecule is Cc1cc(=O)[nH]c2nnc(SCC(=O)Nc3ccccc3C(F)(F)F)n12. The molecule has 0 aliphatic carbocycles. The van der Waals surface area contributed by atoms with E-state index >= 15 is 0 Å².